The smallest absolute Gasteiger partial charge is 0.248 e. The molecule has 66 valence electrons. The fourth-order valence-electron chi connectivity index (χ4n) is 0.819. The summed E-state index contributed by atoms with van der Waals surface area (Å²) in [5.41, 5.74) is -0.00421. The lowest BCUT2D eigenvalue weighted by Crippen LogP contribution is -2.13. The van der Waals surface area contributed by atoms with Gasteiger partial charge in [-0.05, 0) is 24.3 Å². The summed E-state index contributed by atoms with van der Waals surface area (Å²) in [6.45, 7) is 0. The van der Waals surface area contributed by atoms with Crippen molar-refractivity contribution in [3.63, 3.8) is 0 Å². The molecule has 0 amide bonds. The molecular weight excluding hydrogens is 176 g/mol. The lowest BCUT2D eigenvalue weighted by Gasteiger charge is -1.98. The molecule has 0 saturated heterocycles. The molecule has 0 heterocycles. The van der Waals surface area contributed by atoms with Crippen LogP contribution in [0.2, 0.25) is 0 Å². The Labute approximate surface area is 73.4 Å². The van der Waals surface area contributed by atoms with Gasteiger partial charge in [0.25, 0.3) is 0 Å². The standard InChI is InChI=1S/C9H5F2NO/c10-7-3-1-6(2-4-7)9(13)8(11)5-12/h1-4,8H. The fraction of sp³-hybridized carbons (Fsp3) is 0.111. The van der Waals surface area contributed by atoms with Crippen molar-refractivity contribution in [3.05, 3.63) is 35.6 Å². The Morgan fingerprint density at radius 3 is 2.38 bits per heavy atom. The minimum Gasteiger partial charge on any atom is -0.290 e. The molecule has 1 unspecified atom stereocenters. The van der Waals surface area contributed by atoms with E-state index in [1.165, 1.54) is 6.07 Å². The predicted octanol–water partition coefficient (Wildman–Crippen LogP) is 1.87. The molecule has 4 heteroatoms. The van der Waals surface area contributed by atoms with E-state index in [4.69, 9.17) is 5.26 Å². The van der Waals surface area contributed by atoms with Crippen LogP contribution < -0.4 is 0 Å². The van der Waals surface area contributed by atoms with Gasteiger partial charge in [0.1, 0.15) is 11.9 Å². The lowest BCUT2D eigenvalue weighted by molar-refractivity contribution is 0.0918. The van der Waals surface area contributed by atoms with Gasteiger partial charge in [-0.1, -0.05) is 0 Å². The van der Waals surface area contributed by atoms with Gasteiger partial charge in [0.05, 0.1) is 0 Å². The van der Waals surface area contributed by atoms with Crippen LogP contribution in [0.5, 0.6) is 0 Å². The van der Waals surface area contributed by atoms with Crippen LogP contribution >= 0.6 is 0 Å². The molecule has 0 aliphatic rings. The predicted molar refractivity (Wildman–Crippen MR) is 41.2 cm³/mol. The Morgan fingerprint density at radius 2 is 1.92 bits per heavy atom. The number of carbonyl (C=O) groups excluding carboxylic acids is 1. The van der Waals surface area contributed by atoms with Crippen molar-refractivity contribution in [2.75, 3.05) is 0 Å². The van der Waals surface area contributed by atoms with Gasteiger partial charge in [-0.15, -0.1) is 0 Å². The third-order valence-electron chi connectivity index (χ3n) is 1.47. The molecule has 0 bridgehead atoms. The Balaban J connectivity index is 2.91. The summed E-state index contributed by atoms with van der Waals surface area (Å²) < 4.78 is 24.9. The van der Waals surface area contributed by atoms with E-state index in [0.717, 1.165) is 24.3 Å². The second kappa shape index (κ2) is 3.76. The molecule has 0 N–H and O–H groups in total. The summed E-state index contributed by atoms with van der Waals surface area (Å²) in [7, 11) is 0. The van der Waals surface area contributed by atoms with Crippen LogP contribution in [0.25, 0.3) is 0 Å². The number of nitrogens with zero attached hydrogens (tertiary/aromatic N) is 1. The summed E-state index contributed by atoms with van der Waals surface area (Å²) in [4.78, 5) is 11.0. The summed E-state index contributed by atoms with van der Waals surface area (Å²) in [5, 5.41) is 8.10. The minimum atomic E-state index is -2.18. The van der Waals surface area contributed by atoms with Gasteiger partial charge >= 0.3 is 0 Å². The molecule has 0 fully saturated rings. The van der Waals surface area contributed by atoms with Gasteiger partial charge in [0.2, 0.25) is 12.0 Å². The molecular formula is C9H5F2NO. The molecule has 0 aliphatic heterocycles. The zero-order chi connectivity index (χ0) is 9.84. The maximum Gasteiger partial charge on any atom is 0.248 e. The van der Waals surface area contributed by atoms with E-state index in [0.29, 0.717) is 0 Å². The quantitative estimate of drug-likeness (QED) is 0.653. The Hall–Kier alpha value is -1.76. The summed E-state index contributed by atoms with van der Waals surface area (Å²) in [5.74, 6) is -1.45. The number of ketones is 1. The molecule has 1 aromatic carbocycles. The van der Waals surface area contributed by atoms with Crippen molar-refractivity contribution in [2.45, 2.75) is 6.17 Å². The number of alkyl halides is 1. The van der Waals surface area contributed by atoms with Crippen LogP contribution in [0.3, 0.4) is 0 Å². The van der Waals surface area contributed by atoms with Crippen molar-refractivity contribution in [3.8, 4) is 6.07 Å². The van der Waals surface area contributed by atoms with Gasteiger partial charge in [-0.25, -0.2) is 8.78 Å². The molecule has 0 aliphatic carbocycles. The Morgan fingerprint density at radius 1 is 1.38 bits per heavy atom. The van der Waals surface area contributed by atoms with Gasteiger partial charge in [-0.2, -0.15) is 5.26 Å². The van der Waals surface area contributed by atoms with Crippen molar-refractivity contribution in [2.24, 2.45) is 0 Å². The molecule has 0 aromatic heterocycles. The van der Waals surface area contributed by atoms with Gasteiger partial charge in [0.15, 0.2) is 0 Å². The van der Waals surface area contributed by atoms with Crippen molar-refractivity contribution < 1.29 is 13.6 Å². The first kappa shape index (κ1) is 9.33. The van der Waals surface area contributed by atoms with E-state index in [-0.39, 0.29) is 5.56 Å². The first-order chi connectivity index (χ1) is 6.15. The number of rotatable bonds is 2. The highest BCUT2D eigenvalue weighted by Gasteiger charge is 2.17. The van der Waals surface area contributed by atoms with Crippen LogP contribution in [-0.2, 0) is 0 Å². The highest BCUT2D eigenvalue weighted by Crippen LogP contribution is 2.07. The molecule has 13 heavy (non-hydrogen) atoms. The van der Waals surface area contributed by atoms with Crippen molar-refractivity contribution in [1.82, 2.24) is 0 Å². The van der Waals surface area contributed by atoms with E-state index < -0.39 is 17.8 Å². The number of Topliss-reactive ketones (excluding diaryl/α,β-unsaturated/α-hetero) is 1. The van der Waals surface area contributed by atoms with Crippen LogP contribution in [0.1, 0.15) is 10.4 Å². The van der Waals surface area contributed by atoms with E-state index >= 15 is 0 Å². The summed E-state index contributed by atoms with van der Waals surface area (Å²) in [6, 6.07) is 5.53. The number of nitriles is 1. The highest BCUT2D eigenvalue weighted by atomic mass is 19.1. The zero-order valence-corrected chi connectivity index (χ0v) is 6.50. The topological polar surface area (TPSA) is 40.9 Å². The van der Waals surface area contributed by atoms with Gasteiger partial charge < -0.3 is 0 Å². The number of hydrogen-bond donors (Lipinski definition) is 0. The monoisotopic (exact) mass is 181 g/mol. The molecule has 0 spiro atoms. The lowest BCUT2D eigenvalue weighted by atomic mass is 10.1. The third kappa shape index (κ3) is 2.09. The third-order valence-corrected chi connectivity index (χ3v) is 1.47. The highest BCUT2D eigenvalue weighted by molar-refractivity contribution is 6.00. The van der Waals surface area contributed by atoms with Crippen LogP contribution in [0.15, 0.2) is 24.3 Å². The van der Waals surface area contributed by atoms with E-state index in [9.17, 15) is 13.6 Å². The molecule has 2 nitrogen and oxygen atoms in total. The molecule has 0 radical (unpaired) electrons. The summed E-state index contributed by atoms with van der Waals surface area (Å²) >= 11 is 0. The van der Waals surface area contributed by atoms with E-state index in [2.05, 4.69) is 0 Å². The maximum absolute atomic E-state index is 12.5. The normalized spacial score (nSPS) is 11.8. The van der Waals surface area contributed by atoms with Gasteiger partial charge in [-0.3, -0.25) is 4.79 Å². The molecule has 1 aromatic rings. The average molecular weight is 181 g/mol. The van der Waals surface area contributed by atoms with Crippen molar-refractivity contribution >= 4 is 5.78 Å². The Bertz CT molecular complexity index is 353. The molecule has 1 rings (SSSR count). The number of carbonyl (C=O) groups is 1. The number of hydrogen-bond acceptors (Lipinski definition) is 2. The summed E-state index contributed by atoms with van der Waals surface area (Å²) in [6.07, 6.45) is -2.18. The first-order valence-corrected chi connectivity index (χ1v) is 3.48. The Kier molecular flexibility index (Phi) is 2.70. The number of benzene rings is 1. The first-order valence-electron chi connectivity index (χ1n) is 3.48. The maximum atomic E-state index is 12.5. The van der Waals surface area contributed by atoms with Gasteiger partial charge in [0, 0.05) is 5.56 Å². The molecule has 0 saturated carbocycles. The second-order valence-electron chi connectivity index (χ2n) is 2.36. The fourth-order valence-corrected chi connectivity index (χ4v) is 0.819. The van der Waals surface area contributed by atoms with E-state index in [1.54, 1.807) is 0 Å². The zero-order valence-electron chi connectivity index (χ0n) is 6.50. The average Bonchev–Trinajstić information content (AvgIpc) is 2.17. The minimum absolute atomic E-state index is 0.00421. The van der Waals surface area contributed by atoms with Crippen LogP contribution in [0, 0.1) is 17.1 Å². The number of halogens is 2. The largest absolute Gasteiger partial charge is 0.290 e. The van der Waals surface area contributed by atoms with Crippen molar-refractivity contribution in [1.29, 1.82) is 5.26 Å². The van der Waals surface area contributed by atoms with Crippen LogP contribution in [0.4, 0.5) is 8.78 Å². The molecule has 1 atom stereocenters. The van der Waals surface area contributed by atoms with E-state index in [1.807, 2.05) is 0 Å². The second-order valence-corrected chi connectivity index (χ2v) is 2.36. The SMILES string of the molecule is N#CC(F)C(=O)c1ccc(F)cc1. The van der Waals surface area contributed by atoms with Crippen LogP contribution in [-0.4, -0.2) is 12.0 Å².